The van der Waals surface area contributed by atoms with Gasteiger partial charge in [-0.1, -0.05) is 29.3 Å². The minimum absolute atomic E-state index is 0.321. The van der Waals surface area contributed by atoms with Crippen LogP contribution in [0.2, 0.25) is 10.0 Å². The first-order valence-electron chi connectivity index (χ1n) is 6.03. The van der Waals surface area contributed by atoms with E-state index in [0.717, 1.165) is 5.56 Å². The van der Waals surface area contributed by atoms with Gasteiger partial charge in [0, 0.05) is 5.56 Å². The molecule has 1 amide bonds. The summed E-state index contributed by atoms with van der Waals surface area (Å²) in [5, 5.41) is 4.84. The van der Waals surface area contributed by atoms with Crippen molar-refractivity contribution in [3.05, 3.63) is 69.5 Å². The quantitative estimate of drug-likeness (QED) is 0.664. The van der Waals surface area contributed by atoms with E-state index in [0.29, 0.717) is 21.3 Å². The zero-order valence-corrected chi connectivity index (χ0v) is 12.5. The summed E-state index contributed by atoms with van der Waals surface area (Å²) >= 11 is 11.8. The van der Waals surface area contributed by atoms with Gasteiger partial charge in [-0.2, -0.15) is 5.10 Å². The number of hydrazone groups is 1. The number of carbonyl (C=O) groups excluding carboxylic acids is 1. The van der Waals surface area contributed by atoms with E-state index in [4.69, 9.17) is 23.2 Å². The second-order valence-corrected chi connectivity index (χ2v) is 5.09. The Labute approximate surface area is 131 Å². The molecule has 2 aromatic carbocycles. The van der Waals surface area contributed by atoms with E-state index in [1.54, 1.807) is 25.1 Å². The van der Waals surface area contributed by atoms with Crippen molar-refractivity contribution in [2.24, 2.45) is 5.10 Å². The summed E-state index contributed by atoms with van der Waals surface area (Å²) in [5.41, 5.74) is 4.04. The molecule has 6 heteroatoms. The molecule has 108 valence electrons. The first kappa shape index (κ1) is 15.5. The van der Waals surface area contributed by atoms with Gasteiger partial charge in [0.05, 0.1) is 15.8 Å². The molecule has 0 spiro atoms. The molecule has 0 fully saturated rings. The number of halogens is 3. The molecule has 3 nitrogen and oxygen atoms in total. The number of hydrogen-bond donors (Lipinski definition) is 1. The monoisotopic (exact) mass is 324 g/mol. The Kier molecular flexibility index (Phi) is 4.94. The molecule has 0 saturated carbocycles. The van der Waals surface area contributed by atoms with E-state index in [1.807, 2.05) is 0 Å². The smallest absolute Gasteiger partial charge is 0.267 e. The lowest BCUT2D eigenvalue weighted by Gasteiger charge is -2.04. The van der Waals surface area contributed by atoms with Crippen LogP contribution >= 0.6 is 23.2 Å². The fourth-order valence-electron chi connectivity index (χ4n) is 1.59. The Morgan fingerprint density at radius 2 is 1.67 bits per heavy atom. The van der Waals surface area contributed by atoms with Crippen molar-refractivity contribution in [2.75, 3.05) is 0 Å². The largest absolute Gasteiger partial charge is 0.271 e. The van der Waals surface area contributed by atoms with Gasteiger partial charge < -0.3 is 0 Å². The fraction of sp³-hybridized carbons (Fsp3) is 0.0667. The Bertz CT molecular complexity index is 699. The fourth-order valence-corrected chi connectivity index (χ4v) is 1.88. The molecular formula is C15H11Cl2FN2O. The number of amides is 1. The molecule has 0 radical (unpaired) electrons. The molecule has 0 atom stereocenters. The zero-order chi connectivity index (χ0) is 15.4. The predicted octanol–water partition coefficient (Wildman–Crippen LogP) is 4.29. The maximum absolute atomic E-state index is 12.8. The molecule has 1 N–H and O–H groups in total. The molecule has 21 heavy (non-hydrogen) atoms. The van der Waals surface area contributed by atoms with Crippen LogP contribution in [0.4, 0.5) is 4.39 Å². The van der Waals surface area contributed by atoms with E-state index in [1.165, 1.54) is 24.3 Å². The van der Waals surface area contributed by atoms with E-state index in [9.17, 15) is 9.18 Å². The van der Waals surface area contributed by atoms with Crippen LogP contribution in [-0.2, 0) is 0 Å². The highest BCUT2D eigenvalue weighted by Crippen LogP contribution is 2.22. The van der Waals surface area contributed by atoms with Crippen molar-refractivity contribution in [1.82, 2.24) is 5.43 Å². The van der Waals surface area contributed by atoms with Gasteiger partial charge in [-0.25, -0.2) is 9.82 Å². The summed E-state index contributed by atoms with van der Waals surface area (Å²) in [6, 6.07) is 10.3. The summed E-state index contributed by atoms with van der Waals surface area (Å²) in [6.07, 6.45) is 0. The van der Waals surface area contributed by atoms with Gasteiger partial charge in [-0.05, 0) is 48.9 Å². The van der Waals surface area contributed by atoms with Crippen LogP contribution in [0.25, 0.3) is 0 Å². The van der Waals surface area contributed by atoms with Crippen molar-refractivity contribution in [1.29, 1.82) is 0 Å². The molecule has 0 saturated heterocycles. The third-order valence-corrected chi connectivity index (χ3v) is 3.51. The van der Waals surface area contributed by atoms with Crippen LogP contribution in [0.1, 0.15) is 22.8 Å². The number of rotatable bonds is 3. The highest BCUT2D eigenvalue weighted by Gasteiger charge is 2.06. The molecule has 0 bridgehead atoms. The lowest BCUT2D eigenvalue weighted by molar-refractivity contribution is 0.0955. The van der Waals surface area contributed by atoms with Crippen molar-refractivity contribution in [3.8, 4) is 0 Å². The van der Waals surface area contributed by atoms with Gasteiger partial charge in [-0.3, -0.25) is 4.79 Å². The SMILES string of the molecule is C/C(=N\NC(=O)c1ccc(F)cc1)c1ccc(Cl)c(Cl)c1. The number of benzene rings is 2. The summed E-state index contributed by atoms with van der Waals surface area (Å²) in [7, 11) is 0. The van der Waals surface area contributed by atoms with E-state index < -0.39 is 11.7 Å². The summed E-state index contributed by atoms with van der Waals surface area (Å²) in [4.78, 5) is 11.8. The molecule has 2 aromatic rings. The Morgan fingerprint density at radius 3 is 2.29 bits per heavy atom. The van der Waals surface area contributed by atoms with Crippen molar-refractivity contribution in [3.63, 3.8) is 0 Å². The van der Waals surface area contributed by atoms with E-state index >= 15 is 0 Å². The topological polar surface area (TPSA) is 41.5 Å². The van der Waals surface area contributed by atoms with Gasteiger partial charge in [0.2, 0.25) is 0 Å². The van der Waals surface area contributed by atoms with Crippen molar-refractivity contribution < 1.29 is 9.18 Å². The molecule has 2 rings (SSSR count). The maximum atomic E-state index is 12.8. The number of hydrogen-bond acceptors (Lipinski definition) is 2. The standard InChI is InChI=1S/C15H11Cl2FN2O/c1-9(11-4-7-13(16)14(17)8-11)19-20-15(21)10-2-5-12(18)6-3-10/h2-8H,1H3,(H,20,21)/b19-9+. The van der Waals surface area contributed by atoms with Gasteiger partial charge in [-0.15, -0.1) is 0 Å². The highest BCUT2D eigenvalue weighted by molar-refractivity contribution is 6.42. The predicted molar refractivity (Wildman–Crippen MR) is 82.5 cm³/mol. The van der Waals surface area contributed by atoms with Crippen LogP contribution in [-0.4, -0.2) is 11.6 Å². The molecule has 0 unspecified atom stereocenters. The van der Waals surface area contributed by atoms with Crippen molar-refractivity contribution >= 4 is 34.8 Å². The van der Waals surface area contributed by atoms with Crippen molar-refractivity contribution in [2.45, 2.75) is 6.92 Å². The van der Waals surface area contributed by atoms with Crippen LogP contribution in [0.15, 0.2) is 47.6 Å². The lowest BCUT2D eigenvalue weighted by atomic mass is 10.1. The molecule has 0 aromatic heterocycles. The Balaban J connectivity index is 2.10. The van der Waals surface area contributed by atoms with E-state index in [2.05, 4.69) is 10.5 Å². The summed E-state index contributed by atoms with van der Waals surface area (Å²) < 4.78 is 12.8. The zero-order valence-electron chi connectivity index (χ0n) is 11.0. The summed E-state index contributed by atoms with van der Waals surface area (Å²) in [6.45, 7) is 1.73. The van der Waals surface area contributed by atoms with Crippen LogP contribution in [0.3, 0.4) is 0 Å². The molecule has 0 aliphatic heterocycles. The van der Waals surface area contributed by atoms with Gasteiger partial charge in [0.25, 0.3) is 5.91 Å². The third kappa shape index (κ3) is 4.03. The highest BCUT2D eigenvalue weighted by atomic mass is 35.5. The first-order valence-corrected chi connectivity index (χ1v) is 6.78. The van der Waals surface area contributed by atoms with E-state index in [-0.39, 0.29) is 0 Å². The average molecular weight is 325 g/mol. The minimum Gasteiger partial charge on any atom is -0.267 e. The van der Waals surface area contributed by atoms with Crippen LogP contribution in [0, 0.1) is 5.82 Å². The first-order chi connectivity index (χ1) is 9.97. The lowest BCUT2D eigenvalue weighted by Crippen LogP contribution is -2.19. The molecule has 0 aliphatic carbocycles. The summed E-state index contributed by atoms with van der Waals surface area (Å²) in [5.74, 6) is -0.823. The molecular weight excluding hydrogens is 314 g/mol. The average Bonchev–Trinajstić information content (AvgIpc) is 2.48. The number of nitrogens with zero attached hydrogens (tertiary/aromatic N) is 1. The Hall–Kier alpha value is -1.91. The Morgan fingerprint density at radius 1 is 1.05 bits per heavy atom. The van der Waals surface area contributed by atoms with Gasteiger partial charge >= 0.3 is 0 Å². The van der Waals surface area contributed by atoms with Gasteiger partial charge in [0.15, 0.2) is 0 Å². The second kappa shape index (κ2) is 6.70. The third-order valence-electron chi connectivity index (χ3n) is 2.77. The normalized spacial score (nSPS) is 11.3. The second-order valence-electron chi connectivity index (χ2n) is 4.27. The minimum atomic E-state index is -0.422. The van der Waals surface area contributed by atoms with Crippen LogP contribution in [0.5, 0.6) is 0 Å². The van der Waals surface area contributed by atoms with Crippen LogP contribution < -0.4 is 5.43 Å². The number of nitrogens with one attached hydrogen (secondary N) is 1. The maximum Gasteiger partial charge on any atom is 0.271 e. The number of carbonyl (C=O) groups is 1. The molecule has 0 aliphatic rings. The molecule has 0 heterocycles. The van der Waals surface area contributed by atoms with Gasteiger partial charge in [0.1, 0.15) is 5.82 Å².